The number of amides is 1. The molecular weight excluding hydrogens is 454 g/mol. The van der Waals surface area contributed by atoms with Crippen LogP contribution in [0.2, 0.25) is 5.02 Å². The maximum absolute atomic E-state index is 12.1. The minimum absolute atomic E-state index is 0.0318. The zero-order chi connectivity index (χ0) is 23.1. The van der Waals surface area contributed by atoms with Gasteiger partial charge in [0.15, 0.2) is 0 Å². The van der Waals surface area contributed by atoms with Gasteiger partial charge in [-0.05, 0) is 62.0 Å². The lowest BCUT2D eigenvalue weighted by Gasteiger charge is -2.26. The van der Waals surface area contributed by atoms with Gasteiger partial charge in [-0.25, -0.2) is 9.97 Å². The SMILES string of the molecule is O=C1COCCN1c1ccc(Nc2ncc(Cl)c(-c3cnn(C4CC5CNCC5C4)c3)n2)cc1. The number of carbonyl (C=O) groups excluding carboxylic acids is 1. The third-order valence-corrected chi connectivity index (χ3v) is 7.32. The van der Waals surface area contributed by atoms with Crippen molar-refractivity contribution in [3.05, 3.63) is 47.9 Å². The number of hydrogen-bond donors (Lipinski definition) is 2. The van der Waals surface area contributed by atoms with Crippen molar-refractivity contribution in [2.24, 2.45) is 11.8 Å². The first-order chi connectivity index (χ1) is 16.6. The van der Waals surface area contributed by atoms with Crippen molar-refractivity contribution in [1.82, 2.24) is 25.1 Å². The molecule has 34 heavy (non-hydrogen) atoms. The van der Waals surface area contributed by atoms with Gasteiger partial charge in [-0.15, -0.1) is 0 Å². The number of halogens is 1. The number of carbonyl (C=O) groups is 1. The molecule has 3 fully saturated rings. The average Bonchev–Trinajstić information content (AvgIpc) is 3.58. The highest BCUT2D eigenvalue weighted by Crippen LogP contribution is 2.41. The van der Waals surface area contributed by atoms with E-state index in [0.717, 1.165) is 54.7 Å². The van der Waals surface area contributed by atoms with E-state index in [0.29, 0.717) is 35.9 Å². The molecule has 1 aromatic carbocycles. The minimum atomic E-state index is -0.0318. The molecule has 2 aliphatic heterocycles. The Balaban J connectivity index is 1.17. The third-order valence-electron chi connectivity index (χ3n) is 7.04. The molecule has 0 radical (unpaired) electrons. The lowest BCUT2D eigenvalue weighted by molar-refractivity contribution is -0.125. The van der Waals surface area contributed by atoms with Gasteiger partial charge in [0.25, 0.3) is 5.91 Å². The number of nitrogens with zero attached hydrogens (tertiary/aromatic N) is 5. The average molecular weight is 480 g/mol. The summed E-state index contributed by atoms with van der Waals surface area (Å²) in [6.45, 7) is 3.46. The van der Waals surface area contributed by atoms with Gasteiger partial charge in [0.2, 0.25) is 5.95 Å². The fourth-order valence-corrected chi connectivity index (χ4v) is 5.48. The smallest absolute Gasteiger partial charge is 0.253 e. The van der Waals surface area contributed by atoms with E-state index >= 15 is 0 Å². The Labute approximate surface area is 202 Å². The molecule has 10 heteroatoms. The van der Waals surface area contributed by atoms with Crippen molar-refractivity contribution in [3.8, 4) is 11.3 Å². The number of anilines is 3. The number of fused-ring (bicyclic) bond motifs is 1. The zero-order valence-corrected chi connectivity index (χ0v) is 19.4. The molecule has 2 unspecified atom stereocenters. The van der Waals surface area contributed by atoms with Crippen LogP contribution in [0.25, 0.3) is 11.3 Å². The summed E-state index contributed by atoms with van der Waals surface area (Å²) >= 11 is 6.46. The van der Waals surface area contributed by atoms with Gasteiger partial charge in [0.05, 0.1) is 35.8 Å². The predicted octanol–water partition coefficient (Wildman–Crippen LogP) is 3.27. The van der Waals surface area contributed by atoms with Gasteiger partial charge in [-0.2, -0.15) is 5.10 Å². The summed E-state index contributed by atoms with van der Waals surface area (Å²) in [5.74, 6) is 1.92. The highest BCUT2D eigenvalue weighted by molar-refractivity contribution is 6.32. The fraction of sp³-hybridized carbons (Fsp3) is 0.417. The molecule has 2 saturated heterocycles. The van der Waals surface area contributed by atoms with Crippen LogP contribution in [0, 0.1) is 11.8 Å². The number of nitrogens with one attached hydrogen (secondary N) is 2. The first kappa shape index (κ1) is 21.5. The Hall–Kier alpha value is -3.01. The number of rotatable bonds is 5. The number of morpholine rings is 1. The normalized spacial score (nSPS) is 24.4. The number of benzene rings is 1. The van der Waals surface area contributed by atoms with E-state index in [4.69, 9.17) is 16.3 Å². The van der Waals surface area contributed by atoms with Crippen LogP contribution in [0.15, 0.2) is 42.9 Å². The maximum Gasteiger partial charge on any atom is 0.253 e. The predicted molar refractivity (Wildman–Crippen MR) is 129 cm³/mol. The van der Waals surface area contributed by atoms with Gasteiger partial charge in [-0.1, -0.05) is 11.6 Å². The van der Waals surface area contributed by atoms with Crippen molar-refractivity contribution in [2.45, 2.75) is 18.9 Å². The molecule has 0 spiro atoms. The quantitative estimate of drug-likeness (QED) is 0.579. The van der Waals surface area contributed by atoms with E-state index in [1.54, 1.807) is 11.1 Å². The molecule has 176 valence electrons. The number of hydrogen-bond acceptors (Lipinski definition) is 7. The summed E-state index contributed by atoms with van der Waals surface area (Å²) < 4.78 is 7.28. The maximum atomic E-state index is 12.1. The lowest BCUT2D eigenvalue weighted by Crippen LogP contribution is -2.41. The zero-order valence-electron chi connectivity index (χ0n) is 18.7. The standard InChI is InChI=1S/C24H26ClN7O2/c25-21-12-27-24(29-18-1-3-19(4-2-18)31-5-6-34-14-22(31)33)30-23(21)17-11-28-32(13-17)20-7-15-9-26-10-16(15)8-20/h1-4,11-13,15-16,20,26H,5-10,14H2,(H,27,29,30). The first-order valence-corrected chi connectivity index (χ1v) is 12.0. The Kier molecular flexibility index (Phi) is 5.68. The third kappa shape index (κ3) is 4.15. The molecule has 9 nitrogen and oxygen atoms in total. The van der Waals surface area contributed by atoms with Crippen LogP contribution in [0.4, 0.5) is 17.3 Å². The summed E-state index contributed by atoms with van der Waals surface area (Å²) in [5.41, 5.74) is 3.20. The van der Waals surface area contributed by atoms with E-state index < -0.39 is 0 Å². The van der Waals surface area contributed by atoms with Gasteiger partial charge in [0, 0.05) is 29.7 Å². The second-order valence-corrected chi connectivity index (χ2v) is 9.58. The minimum Gasteiger partial charge on any atom is -0.370 e. The summed E-state index contributed by atoms with van der Waals surface area (Å²) in [6.07, 6.45) is 7.81. The van der Waals surface area contributed by atoms with Crippen LogP contribution in [0.3, 0.4) is 0 Å². The van der Waals surface area contributed by atoms with Crippen molar-refractivity contribution in [3.63, 3.8) is 0 Å². The molecule has 2 atom stereocenters. The van der Waals surface area contributed by atoms with Gasteiger partial charge in [-0.3, -0.25) is 9.48 Å². The Morgan fingerprint density at radius 1 is 1.12 bits per heavy atom. The molecule has 1 aliphatic carbocycles. The van der Waals surface area contributed by atoms with Crippen molar-refractivity contribution in [2.75, 3.05) is 43.1 Å². The molecule has 3 aromatic rings. The summed E-state index contributed by atoms with van der Waals surface area (Å²) in [6, 6.07) is 8.04. The molecule has 1 saturated carbocycles. The van der Waals surface area contributed by atoms with E-state index in [9.17, 15) is 4.79 Å². The second-order valence-electron chi connectivity index (χ2n) is 9.17. The highest BCUT2D eigenvalue weighted by Gasteiger charge is 2.38. The van der Waals surface area contributed by atoms with Gasteiger partial charge >= 0.3 is 0 Å². The lowest BCUT2D eigenvalue weighted by atomic mass is 10.0. The van der Waals surface area contributed by atoms with E-state index in [1.165, 1.54) is 0 Å². The van der Waals surface area contributed by atoms with E-state index in [1.807, 2.05) is 36.7 Å². The second kappa shape index (κ2) is 8.98. The molecule has 0 bridgehead atoms. The van der Waals surface area contributed by atoms with Crippen molar-refractivity contribution < 1.29 is 9.53 Å². The van der Waals surface area contributed by atoms with E-state index in [-0.39, 0.29) is 12.5 Å². The van der Waals surface area contributed by atoms with Gasteiger partial charge < -0.3 is 20.3 Å². The number of ether oxygens (including phenoxy) is 1. The number of aromatic nitrogens is 4. The van der Waals surface area contributed by atoms with Crippen molar-refractivity contribution in [1.29, 1.82) is 0 Å². The molecule has 2 N–H and O–H groups in total. The molecule has 4 heterocycles. The molecule has 3 aliphatic rings. The Morgan fingerprint density at radius 3 is 2.68 bits per heavy atom. The molecule has 1 amide bonds. The largest absolute Gasteiger partial charge is 0.370 e. The van der Waals surface area contributed by atoms with Crippen LogP contribution in [0.1, 0.15) is 18.9 Å². The van der Waals surface area contributed by atoms with Crippen LogP contribution < -0.4 is 15.5 Å². The summed E-state index contributed by atoms with van der Waals surface area (Å²) in [4.78, 5) is 22.8. The fourth-order valence-electron chi connectivity index (χ4n) is 5.28. The van der Waals surface area contributed by atoms with Gasteiger partial charge in [0.1, 0.15) is 6.61 Å². The summed E-state index contributed by atoms with van der Waals surface area (Å²) in [5, 5.41) is 11.8. The Bertz CT molecular complexity index is 1190. The first-order valence-electron chi connectivity index (χ1n) is 11.7. The summed E-state index contributed by atoms with van der Waals surface area (Å²) in [7, 11) is 0. The monoisotopic (exact) mass is 479 g/mol. The molecule has 2 aromatic heterocycles. The topological polar surface area (TPSA) is 97.2 Å². The van der Waals surface area contributed by atoms with Crippen LogP contribution in [-0.4, -0.2) is 58.5 Å². The van der Waals surface area contributed by atoms with Crippen LogP contribution in [-0.2, 0) is 9.53 Å². The van der Waals surface area contributed by atoms with Crippen LogP contribution >= 0.6 is 11.6 Å². The van der Waals surface area contributed by atoms with Crippen molar-refractivity contribution >= 4 is 34.8 Å². The Morgan fingerprint density at radius 2 is 1.91 bits per heavy atom. The van der Waals surface area contributed by atoms with Crippen LogP contribution in [0.5, 0.6) is 0 Å². The highest BCUT2D eigenvalue weighted by atomic mass is 35.5. The van der Waals surface area contributed by atoms with E-state index in [2.05, 4.69) is 30.4 Å². The molecular formula is C24H26ClN7O2. The molecule has 6 rings (SSSR count).